The molecule has 20 heteroatoms. The topological polar surface area (TPSA) is 205 Å². The average Bonchev–Trinajstić information content (AvgIpc) is 3.09. The van der Waals surface area contributed by atoms with Crippen molar-refractivity contribution >= 4 is 61.7 Å². The summed E-state index contributed by atoms with van der Waals surface area (Å²) in [6.45, 7) is -0.627. The molecule has 0 saturated heterocycles. The number of sulfone groups is 1. The van der Waals surface area contributed by atoms with E-state index < -0.39 is 80.8 Å². The quantitative estimate of drug-likeness (QED) is 0.0721. The molecule has 0 aliphatic carbocycles. The predicted molar refractivity (Wildman–Crippen MR) is 183 cm³/mol. The summed E-state index contributed by atoms with van der Waals surface area (Å²) in [5.74, 6) is -5.95. The number of ether oxygens (including phenoxy) is 3. The number of carbonyl (C=O) groups is 4. The minimum atomic E-state index is -5.59. The Morgan fingerprint density at radius 2 is 1.65 bits per heavy atom. The molecule has 14 nitrogen and oxygen atoms in total. The van der Waals surface area contributed by atoms with Gasteiger partial charge in [-0.15, -0.1) is 0 Å². The van der Waals surface area contributed by atoms with Crippen molar-refractivity contribution < 1.29 is 63.8 Å². The summed E-state index contributed by atoms with van der Waals surface area (Å²) in [4.78, 5) is 54.2. The van der Waals surface area contributed by atoms with Crippen molar-refractivity contribution in [3.05, 3.63) is 84.1 Å². The van der Waals surface area contributed by atoms with E-state index in [0.29, 0.717) is 10.8 Å². The third-order valence-corrected chi connectivity index (χ3v) is 9.88. The number of nitrogen functional groups attached to an aromatic ring is 1. The van der Waals surface area contributed by atoms with Crippen molar-refractivity contribution in [1.82, 2.24) is 10.3 Å². The zero-order chi connectivity index (χ0) is 40.0. The summed E-state index contributed by atoms with van der Waals surface area (Å²) in [5, 5.41) is 7.64. The van der Waals surface area contributed by atoms with Gasteiger partial charge in [0.25, 0.3) is 0 Å². The van der Waals surface area contributed by atoms with Crippen molar-refractivity contribution in [2.75, 3.05) is 23.5 Å². The maximum atomic E-state index is 14.3. The number of aromatic nitrogens is 1. The van der Waals surface area contributed by atoms with Crippen LogP contribution in [0.4, 0.5) is 43.9 Å². The molecule has 0 spiro atoms. The number of nitrogens with one attached hydrogen (secondary N) is 3. The number of rotatable bonds is 13. The molecule has 4 rings (SSSR count). The van der Waals surface area contributed by atoms with E-state index in [2.05, 4.69) is 35.1 Å². The fourth-order valence-electron chi connectivity index (χ4n) is 5.07. The summed E-state index contributed by atoms with van der Waals surface area (Å²) < 4.78 is 105. The molecular formula is C34H32F5N5O9S. The molecule has 3 aromatic carbocycles. The zero-order valence-corrected chi connectivity index (χ0v) is 29.3. The molecule has 0 aliphatic heterocycles. The van der Waals surface area contributed by atoms with Crippen molar-refractivity contribution in [2.45, 2.75) is 55.3 Å². The Hall–Kier alpha value is -6.05. The zero-order valence-electron chi connectivity index (χ0n) is 28.4. The van der Waals surface area contributed by atoms with Gasteiger partial charge in [0.05, 0.1) is 29.7 Å². The lowest BCUT2D eigenvalue weighted by Crippen LogP contribution is -2.38. The predicted octanol–water partition coefficient (Wildman–Crippen LogP) is 5.81. The van der Waals surface area contributed by atoms with Gasteiger partial charge in [0.2, 0.25) is 5.91 Å². The first-order valence-corrected chi connectivity index (χ1v) is 17.1. The summed E-state index contributed by atoms with van der Waals surface area (Å²) in [5.41, 5.74) is 5.65. The van der Waals surface area contributed by atoms with Gasteiger partial charge in [-0.2, -0.15) is 22.0 Å². The summed E-state index contributed by atoms with van der Waals surface area (Å²) in [6, 6.07) is 10.9. The first-order valence-electron chi connectivity index (χ1n) is 15.6. The van der Waals surface area contributed by atoms with E-state index >= 15 is 0 Å². The largest absolute Gasteiger partial charge is 0.491 e. The molecule has 1 aromatic heterocycles. The molecule has 0 aliphatic rings. The van der Waals surface area contributed by atoms with Gasteiger partial charge >= 0.3 is 30.8 Å². The average molecular weight is 782 g/mol. The minimum absolute atomic E-state index is 0.00954. The molecule has 288 valence electrons. The molecule has 0 saturated carbocycles. The number of carbonyl (C=O) groups excluding carboxylic acids is 4. The van der Waals surface area contributed by atoms with E-state index in [0.717, 1.165) is 31.4 Å². The Morgan fingerprint density at radius 1 is 0.944 bits per heavy atom. The van der Waals surface area contributed by atoms with Gasteiger partial charge in [0.1, 0.15) is 17.6 Å². The highest BCUT2D eigenvalue weighted by Crippen LogP contribution is 2.33. The fourth-order valence-corrected chi connectivity index (χ4v) is 6.37. The van der Waals surface area contributed by atoms with E-state index in [4.69, 9.17) is 5.73 Å². The summed E-state index contributed by atoms with van der Waals surface area (Å²) in [7, 11) is -3.27. The van der Waals surface area contributed by atoms with Gasteiger partial charge in [-0.05, 0) is 85.0 Å². The number of esters is 2. The minimum Gasteiger partial charge on any atom is -0.453 e. The van der Waals surface area contributed by atoms with Crippen molar-refractivity contribution in [3.63, 3.8) is 0 Å². The second-order valence-electron chi connectivity index (χ2n) is 11.6. The maximum Gasteiger partial charge on any atom is 0.491 e. The number of benzene rings is 3. The third kappa shape index (κ3) is 10.1. The van der Waals surface area contributed by atoms with Crippen LogP contribution in [-0.2, 0) is 33.7 Å². The van der Waals surface area contributed by atoms with Crippen LogP contribution < -0.4 is 26.4 Å². The lowest BCUT2D eigenvalue weighted by atomic mass is 10.00. The Morgan fingerprint density at radius 3 is 2.30 bits per heavy atom. The normalized spacial score (nSPS) is 12.9. The summed E-state index contributed by atoms with van der Waals surface area (Å²) >= 11 is 0. The monoisotopic (exact) mass is 781 g/mol. The highest BCUT2D eigenvalue weighted by Gasteiger charge is 2.43. The molecule has 5 N–H and O–H groups in total. The number of anilines is 3. The van der Waals surface area contributed by atoms with Gasteiger partial charge in [-0.3, -0.25) is 14.9 Å². The molecule has 54 heavy (non-hydrogen) atoms. The number of alkyl halides is 5. The van der Waals surface area contributed by atoms with E-state index in [9.17, 15) is 49.5 Å². The smallest absolute Gasteiger partial charge is 0.453 e. The van der Waals surface area contributed by atoms with Crippen molar-refractivity contribution in [2.24, 2.45) is 0 Å². The first kappa shape index (κ1) is 40.7. The van der Waals surface area contributed by atoms with Crippen molar-refractivity contribution in [3.8, 4) is 5.75 Å². The number of hydrogen-bond donors (Lipinski definition) is 4. The van der Waals surface area contributed by atoms with Crippen LogP contribution in [0, 0.1) is 0 Å². The lowest BCUT2D eigenvalue weighted by Gasteiger charge is -2.27. The van der Waals surface area contributed by atoms with Crippen LogP contribution in [0.15, 0.2) is 77.8 Å². The number of amides is 2. The molecule has 0 radical (unpaired) electrons. The first-order chi connectivity index (χ1) is 25.3. The number of halogens is 5. The van der Waals surface area contributed by atoms with Crippen LogP contribution in [0.5, 0.6) is 5.75 Å². The molecule has 2 atom stereocenters. The molecule has 0 unspecified atom stereocenters. The van der Waals surface area contributed by atoms with Gasteiger partial charge in [-0.25, -0.2) is 23.0 Å². The standard InChI is InChI=1S/C34H32F5N5O9S/c1-17(2)54(49,50)26-10-8-21(43-33(48)51-3)15-24(26)25(16-27(45)53-31(47)34(37,38)39)44-30(46)28(19-5-4-6-22(14-19)52-32(35)36)42-20-7-9-23-18(13-20)11-12-41-29(23)40/h4-15,17,25,28,32,42H,16H2,1-3H3,(H2,40,41)(H,43,48)(H,44,46)/t25-,28-/m1/s1. The third-order valence-electron chi connectivity index (χ3n) is 7.65. The highest BCUT2D eigenvalue weighted by molar-refractivity contribution is 7.92. The van der Waals surface area contributed by atoms with Crippen LogP contribution in [0.25, 0.3) is 10.8 Å². The number of fused-ring (bicyclic) bond motifs is 1. The molecule has 0 bridgehead atoms. The van der Waals surface area contributed by atoms with E-state index in [1.165, 1.54) is 44.3 Å². The maximum absolute atomic E-state index is 14.3. The van der Waals surface area contributed by atoms with Gasteiger partial charge < -0.3 is 30.6 Å². The summed E-state index contributed by atoms with van der Waals surface area (Å²) in [6.07, 6.45) is -6.43. The van der Waals surface area contributed by atoms with Gasteiger partial charge in [0, 0.05) is 23.0 Å². The Kier molecular flexibility index (Phi) is 12.6. The molecular weight excluding hydrogens is 749 g/mol. The molecule has 2 amide bonds. The number of hydrogen-bond acceptors (Lipinski definition) is 12. The van der Waals surface area contributed by atoms with E-state index in [-0.39, 0.29) is 28.5 Å². The Labute approximate surface area is 304 Å². The molecule has 0 fully saturated rings. The van der Waals surface area contributed by atoms with Crippen LogP contribution in [0.1, 0.15) is 43.5 Å². The number of pyridine rings is 1. The SMILES string of the molecule is COC(=O)Nc1ccc(S(=O)(=O)C(C)C)c([C@@H](CC(=O)OC(=O)C(F)(F)F)NC(=O)[C@H](Nc2ccc3c(N)nccc3c2)c2cccc(OC(F)F)c2)c1. The Balaban J connectivity index is 1.87. The van der Waals surface area contributed by atoms with E-state index in [1.54, 1.807) is 18.2 Å². The fraction of sp³-hybridized carbons (Fsp3) is 0.265. The van der Waals surface area contributed by atoms with Gasteiger partial charge in [-0.1, -0.05) is 12.1 Å². The van der Waals surface area contributed by atoms with E-state index in [1.807, 2.05) is 0 Å². The number of nitrogens with two attached hydrogens (primary N) is 1. The number of nitrogens with zero attached hydrogens (tertiary/aromatic N) is 1. The van der Waals surface area contributed by atoms with Crippen LogP contribution in [0.3, 0.4) is 0 Å². The molecule has 1 heterocycles. The number of methoxy groups -OCH3 is 1. The second kappa shape index (κ2) is 16.7. The highest BCUT2D eigenvalue weighted by atomic mass is 32.2. The Bertz CT molecular complexity index is 2170. The lowest BCUT2D eigenvalue weighted by molar-refractivity contribution is -0.202. The molecule has 4 aromatic rings. The second-order valence-corrected chi connectivity index (χ2v) is 14.1. The van der Waals surface area contributed by atoms with Crippen molar-refractivity contribution in [1.29, 1.82) is 0 Å². The van der Waals surface area contributed by atoms with Gasteiger partial charge in [0.15, 0.2) is 9.84 Å². The van der Waals surface area contributed by atoms with Crippen LogP contribution in [-0.4, -0.2) is 62.5 Å². The van der Waals surface area contributed by atoms with Crippen LogP contribution in [0.2, 0.25) is 0 Å². The van der Waals surface area contributed by atoms with Crippen LogP contribution >= 0.6 is 0 Å².